The number of ether oxygens (including phenoxy) is 1. The quantitative estimate of drug-likeness (QED) is 0.560. The van der Waals surface area contributed by atoms with Crippen molar-refractivity contribution in [2.24, 2.45) is 5.84 Å². The Morgan fingerprint density at radius 3 is 2.75 bits per heavy atom. The van der Waals surface area contributed by atoms with Crippen LogP contribution in [-0.4, -0.2) is 9.97 Å². The van der Waals surface area contributed by atoms with Gasteiger partial charge >= 0.3 is 0 Å². The molecule has 0 unspecified atom stereocenters. The molecule has 3 aromatic rings. The highest BCUT2D eigenvalue weighted by Gasteiger charge is 2.01. The number of nitrogens with two attached hydrogens (primary N) is 1. The Balaban J connectivity index is 1.76. The van der Waals surface area contributed by atoms with Gasteiger partial charge in [0.25, 0.3) is 0 Å². The summed E-state index contributed by atoms with van der Waals surface area (Å²) in [4.78, 5) is 8.15. The number of nitrogens with zero attached hydrogens (tertiary/aromatic N) is 2. The summed E-state index contributed by atoms with van der Waals surface area (Å²) in [5.41, 5.74) is 3.18. The number of hydrogen-bond acceptors (Lipinski definition) is 5. The SMILES string of the molecule is NNc1nccc(COc2ccc3ccccc3c2)n1. The monoisotopic (exact) mass is 266 g/mol. The van der Waals surface area contributed by atoms with Crippen LogP contribution in [0.3, 0.4) is 0 Å². The van der Waals surface area contributed by atoms with E-state index in [1.54, 1.807) is 12.3 Å². The summed E-state index contributed by atoms with van der Waals surface area (Å²) in [6.45, 7) is 0.371. The fraction of sp³-hybridized carbons (Fsp3) is 0.0667. The molecule has 0 saturated carbocycles. The van der Waals surface area contributed by atoms with Crippen molar-refractivity contribution in [1.82, 2.24) is 9.97 Å². The molecule has 0 fully saturated rings. The molecule has 0 spiro atoms. The Bertz CT molecular complexity index is 730. The minimum Gasteiger partial charge on any atom is -0.487 e. The summed E-state index contributed by atoms with van der Waals surface area (Å²) in [5.74, 6) is 6.46. The molecule has 0 amide bonds. The summed E-state index contributed by atoms with van der Waals surface area (Å²) in [6.07, 6.45) is 1.64. The Morgan fingerprint density at radius 2 is 1.90 bits per heavy atom. The molecule has 0 aliphatic heterocycles. The maximum absolute atomic E-state index is 5.74. The highest BCUT2D eigenvalue weighted by atomic mass is 16.5. The Labute approximate surface area is 116 Å². The van der Waals surface area contributed by atoms with Gasteiger partial charge in [-0.25, -0.2) is 15.8 Å². The van der Waals surface area contributed by atoms with Gasteiger partial charge in [0.2, 0.25) is 5.95 Å². The minimum absolute atomic E-state index is 0.371. The fourth-order valence-electron chi connectivity index (χ4n) is 1.96. The molecule has 5 heteroatoms. The first kappa shape index (κ1) is 12.4. The molecule has 0 aliphatic rings. The summed E-state index contributed by atoms with van der Waals surface area (Å²) >= 11 is 0. The third-order valence-corrected chi connectivity index (χ3v) is 2.95. The molecule has 100 valence electrons. The lowest BCUT2D eigenvalue weighted by Gasteiger charge is -2.07. The van der Waals surface area contributed by atoms with Gasteiger partial charge in [0.1, 0.15) is 12.4 Å². The molecule has 3 rings (SSSR count). The lowest BCUT2D eigenvalue weighted by atomic mass is 10.1. The second kappa shape index (κ2) is 5.54. The van der Waals surface area contributed by atoms with Crippen LogP contribution in [0.25, 0.3) is 10.8 Å². The van der Waals surface area contributed by atoms with Gasteiger partial charge < -0.3 is 4.74 Å². The maximum atomic E-state index is 5.74. The van der Waals surface area contributed by atoms with Gasteiger partial charge in [0, 0.05) is 6.20 Å². The molecule has 0 atom stereocenters. The number of anilines is 1. The van der Waals surface area contributed by atoms with Gasteiger partial charge in [-0.1, -0.05) is 30.3 Å². The third-order valence-electron chi connectivity index (χ3n) is 2.95. The van der Waals surface area contributed by atoms with Crippen molar-refractivity contribution in [2.75, 3.05) is 5.43 Å². The van der Waals surface area contributed by atoms with Crippen molar-refractivity contribution in [3.63, 3.8) is 0 Å². The van der Waals surface area contributed by atoms with Crippen LogP contribution in [-0.2, 0) is 6.61 Å². The number of nitrogen functional groups attached to an aromatic ring is 1. The van der Waals surface area contributed by atoms with E-state index in [1.807, 2.05) is 30.3 Å². The molecule has 0 bridgehead atoms. The second-order valence-electron chi connectivity index (χ2n) is 4.31. The number of nitrogens with one attached hydrogen (secondary N) is 1. The molecule has 5 nitrogen and oxygen atoms in total. The summed E-state index contributed by atoms with van der Waals surface area (Å²) in [7, 11) is 0. The average molecular weight is 266 g/mol. The van der Waals surface area contributed by atoms with Crippen LogP contribution >= 0.6 is 0 Å². The van der Waals surface area contributed by atoms with E-state index in [1.165, 1.54) is 5.39 Å². The molecule has 3 N–H and O–H groups in total. The molecule has 0 aliphatic carbocycles. The summed E-state index contributed by atoms with van der Waals surface area (Å²) < 4.78 is 5.74. The van der Waals surface area contributed by atoms with Gasteiger partial charge in [-0.3, -0.25) is 5.43 Å². The molecular formula is C15H14N4O. The van der Waals surface area contributed by atoms with E-state index in [0.717, 1.165) is 16.8 Å². The largest absolute Gasteiger partial charge is 0.487 e. The van der Waals surface area contributed by atoms with Gasteiger partial charge in [0.15, 0.2) is 0 Å². The lowest BCUT2D eigenvalue weighted by Crippen LogP contribution is -2.11. The zero-order chi connectivity index (χ0) is 13.8. The van der Waals surface area contributed by atoms with Gasteiger partial charge in [-0.2, -0.15) is 0 Å². The van der Waals surface area contributed by atoms with Crippen LogP contribution in [0.4, 0.5) is 5.95 Å². The Morgan fingerprint density at radius 1 is 1.05 bits per heavy atom. The van der Waals surface area contributed by atoms with Crippen molar-refractivity contribution in [3.05, 3.63) is 60.4 Å². The topological polar surface area (TPSA) is 73.1 Å². The highest BCUT2D eigenvalue weighted by molar-refractivity contribution is 5.83. The maximum Gasteiger partial charge on any atom is 0.237 e. The predicted molar refractivity (Wildman–Crippen MR) is 78.1 cm³/mol. The van der Waals surface area contributed by atoms with Crippen molar-refractivity contribution < 1.29 is 4.74 Å². The van der Waals surface area contributed by atoms with Gasteiger partial charge in [-0.15, -0.1) is 0 Å². The number of rotatable bonds is 4. The number of hydrazine groups is 1. The summed E-state index contributed by atoms with van der Waals surface area (Å²) in [6, 6.07) is 16.0. The molecule has 2 aromatic carbocycles. The summed E-state index contributed by atoms with van der Waals surface area (Å²) in [5, 5.41) is 2.34. The van der Waals surface area contributed by atoms with Gasteiger partial charge in [-0.05, 0) is 29.0 Å². The molecule has 0 saturated heterocycles. The first-order valence-electron chi connectivity index (χ1n) is 6.25. The van der Waals surface area contributed by atoms with E-state index in [9.17, 15) is 0 Å². The van der Waals surface area contributed by atoms with E-state index >= 15 is 0 Å². The predicted octanol–water partition coefficient (Wildman–Crippen LogP) is 2.49. The second-order valence-corrected chi connectivity index (χ2v) is 4.31. The first-order chi connectivity index (χ1) is 9.85. The van der Waals surface area contributed by atoms with Crippen molar-refractivity contribution >= 4 is 16.7 Å². The zero-order valence-electron chi connectivity index (χ0n) is 10.8. The van der Waals surface area contributed by atoms with Crippen LogP contribution in [0.5, 0.6) is 5.75 Å². The lowest BCUT2D eigenvalue weighted by molar-refractivity contribution is 0.301. The number of hydrogen-bond donors (Lipinski definition) is 2. The smallest absolute Gasteiger partial charge is 0.237 e. The molecule has 20 heavy (non-hydrogen) atoms. The van der Waals surface area contributed by atoms with E-state index in [2.05, 4.69) is 27.5 Å². The number of aromatic nitrogens is 2. The average Bonchev–Trinajstić information content (AvgIpc) is 2.53. The normalized spacial score (nSPS) is 10.4. The van der Waals surface area contributed by atoms with Crippen LogP contribution in [0.1, 0.15) is 5.69 Å². The number of fused-ring (bicyclic) bond motifs is 1. The van der Waals surface area contributed by atoms with Crippen molar-refractivity contribution in [3.8, 4) is 5.75 Å². The third kappa shape index (κ3) is 2.67. The molecule has 1 aromatic heterocycles. The van der Waals surface area contributed by atoms with Crippen LogP contribution in [0, 0.1) is 0 Å². The molecule has 1 heterocycles. The number of benzene rings is 2. The fourth-order valence-corrected chi connectivity index (χ4v) is 1.96. The van der Waals surface area contributed by atoms with Crippen LogP contribution in [0.15, 0.2) is 54.7 Å². The minimum atomic E-state index is 0.371. The highest BCUT2D eigenvalue weighted by Crippen LogP contribution is 2.21. The van der Waals surface area contributed by atoms with E-state index in [4.69, 9.17) is 10.6 Å². The van der Waals surface area contributed by atoms with Gasteiger partial charge in [0.05, 0.1) is 5.69 Å². The van der Waals surface area contributed by atoms with Crippen LogP contribution in [0.2, 0.25) is 0 Å². The first-order valence-corrected chi connectivity index (χ1v) is 6.25. The van der Waals surface area contributed by atoms with Crippen molar-refractivity contribution in [2.45, 2.75) is 6.61 Å². The van der Waals surface area contributed by atoms with Crippen LogP contribution < -0.4 is 16.0 Å². The molecule has 0 radical (unpaired) electrons. The van der Waals surface area contributed by atoms with E-state index in [0.29, 0.717) is 12.6 Å². The Kier molecular flexibility index (Phi) is 3.43. The Hall–Kier alpha value is -2.66. The molecular weight excluding hydrogens is 252 g/mol. The van der Waals surface area contributed by atoms with E-state index in [-0.39, 0.29) is 0 Å². The van der Waals surface area contributed by atoms with E-state index < -0.39 is 0 Å². The van der Waals surface area contributed by atoms with Crippen molar-refractivity contribution in [1.29, 1.82) is 0 Å². The standard InChI is InChI=1S/C15H14N4O/c16-19-15-17-8-7-13(18-15)10-20-14-6-5-11-3-1-2-4-12(11)9-14/h1-9H,10,16H2,(H,17,18,19). The zero-order valence-corrected chi connectivity index (χ0v) is 10.8.